The second kappa shape index (κ2) is 14.1. The first-order valence-corrected chi connectivity index (χ1v) is 6.69. The van der Waals surface area contributed by atoms with Gasteiger partial charge in [-0.1, -0.05) is 20.4 Å². The quantitative estimate of drug-likeness (QED) is 0.452. The highest BCUT2D eigenvalue weighted by Gasteiger charge is 1.86. The lowest BCUT2D eigenvalue weighted by Crippen LogP contribution is -2.15. The van der Waals surface area contributed by atoms with Crippen molar-refractivity contribution in [2.45, 2.75) is 20.8 Å². The van der Waals surface area contributed by atoms with Crippen molar-refractivity contribution in [2.75, 3.05) is 26.7 Å². The van der Waals surface area contributed by atoms with Gasteiger partial charge >= 0.3 is 16.4 Å². The summed E-state index contributed by atoms with van der Waals surface area (Å²) in [5.74, 6) is -0.359. The third kappa shape index (κ3) is 45.9. The minimum atomic E-state index is -4.67. The molecule has 0 spiro atoms. The Hall–Kier alpha value is -0.960. The van der Waals surface area contributed by atoms with Gasteiger partial charge in [0.2, 0.25) is 0 Å². The van der Waals surface area contributed by atoms with Crippen molar-refractivity contribution in [2.24, 2.45) is 0 Å². The van der Waals surface area contributed by atoms with Crippen LogP contribution in [0.2, 0.25) is 0 Å². The summed E-state index contributed by atoms with van der Waals surface area (Å²) in [5.41, 5.74) is 0. The minimum absolute atomic E-state index is 0.359. The highest BCUT2D eigenvalue weighted by atomic mass is 32.3. The molecule has 0 aromatic heterocycles. The standard InChI is InChI=1S/C5H13N.C5H8O2.H2O4S/c1-4-6(3)5-2;1-3-5(6)7-4-2;1-5(2,3)4/h4-5H2,1-3H3;3H,1,4H2,2H3;(H2,1,2,3,4). The summed E-state index contributed by atoms with van der Waals surface area (Å²) in [6, 6.07) is 0. The van der Waals surface area contributed by atoms with Crippen molar-refractivity contribution in [1.82, 2.24) is 4.90 Å². The van der Waals surface area contributed by atoms with Crippen molar-refractivity contribution < 1.29 is 27.1 Å². The summed E-state index contributed by atoms with van der Waals surface area (Å²) in [7, 11) is -2.56. The number of nitrogens with zero attached hydrogens (tertiary/aromatic N) is 1. The smallest absolute Gasteiger partial charge is 0.394 e. The molecular formula is C10H23NO6S. The molecule has 0 atom stereocenters. The lowest BCUT2D eigenvalue weighted by atomic mass is 10.6. The van der Waals surface area contributed by atoms with E-state index in [0.29, 0.717) is 6.61 Å². The molecule has 0 aliphatic carbocycles. The first-order chi connectivity index (χ1) is 8.12. The van der Waals surface area contributed by atoms with Gasteiger partial charge in [-0.25, -0.2) is 4.79 Å². The van der Waals surface area contributed by atoms with Gasteiger partial charge in [0.15, 0.2) is 0 Å². The number of rotatable bonds is 4. The highest BCUT2D eigenvalue weighted by molar-refractivity contribution is 7.79. The average molecular weight is 285 g/mol. The zero-order valence-electron chi connectivity index (χ0n) is 11.3. The molecule has 0 rings (SSSR count). The van der Waals surface area contributed by atoms with Crippen molar-refractivity contribution in [3.05, 3.63) is 12.7 Å². The van der Waals surface area contributed by atoms with Gasteiger partial charge in [-0.05, 0) is 27.1 Å². The molecule has 0 fully saturated rings. The van der Waals surface area contributed by atoms with Crippen LogP contribution >= 0.6 is 0 Å². The lowest BCUT2D eigenvalue weighted by molar-refractivity contribution is -0.137. The summed E-state index contributed by atoms with van der Waals surface area (Å²) in [6.07, 6.45) is 1.14. The maximum Gasteiger partial charge on any atom is 0.394 e. The third-order valence-corrected chi connectivity index (χ3v) is 1.53. The summed E-state index contributed by atoms with van der Waals surface area (Å²) in [5, 5.41) is 0. The van der Waals surface area contributed by atoms with Crippen LogP contribution in [0.4, 0.5) is 0 Å². The average Bonchev–Trinajstić information content (AvgIpc) is 2.26. The molecule has 0 saturated carbocycles. The van der Waals surface area contributed by atoms with E-state index in [1.165, 1.54) is 0 Å². The predicted molar refractivity (Wildman–Crippen MR) is 69.9 cm³/mol. The Kier molecular flexibility index (Phi) is 17.4. The SMILES string of the molecule is C=CC(=O)OCC.CCN(C)CC.O=S(=O)(O)O. The summed E-state index contributed by atoms with van der Waals surface area (Å²) in [4.78, 5) is 12.3. The van der Waals surface area contributed by atoms with Crippen LogP contribution in [0.3, 0.4) is 0 Å². The highest BCUT2D eigenvalue weighted by Crippen LogP contribution is 1.74. The number of carbonyl (C=O) groups is 1. The Labute approximate surface area is 109 Å². The Morgan fingerprint density at radius 2 is 1.61 bits per heavy atom. The van der Waals surface area contributed by atoms with E-state index in [4.69, 9.17) is 17.5 Å². The molecule has 0 aromatic carbocycles. The first kappa shape index (κ1) is 22.2. The fourth-order valence-electron chi connectivity index (χ4n) is 0.425. The molecule has 0 unspecified atom stereocenters. The Morgan fingerprint density at radius 1 is 1.28 bits per heavy atom. The van der Waals surface area contributed by atoms with Crippen LogP contribution in [0.5, 0.6) is 0 Å². The second-order valence-corrected chi connectivity index (χ2v) is 3.79. The number of ether oxygens (including phenoxy) is 1. The normalized spacial score (nSPS) is 9.50. The number of hydrogen-bond acceptors (Lipinski definition) is 5. The van der Waals surface area contributed by atoms with Crippen LogP contribution in [0.25, 0.3) is 0 Å². The summed E-state index contributed by atoms with van der Waals surface area (Å²) >= 11 is 0. The van der Waals surface area contributed by atoms with E-state index in [-0.39, 0.29) is 5.97 Å². The van der Waals surface area contributed by atoms with E-state index in [1.807, 2.05) is 0 Å². The predicted octanol–water partition coefficient (Wildman–Crippen LogP) is 1.04. The Bertz CT molecular complexity index is 289. The third-order valence-electron chi connectivity index (χ3n) is 1.53. The molecule has 0 radical (unpaired) electrons. The molecule has 0 aliphatic rings. The molecule has 18 heavy (non-hydrogen) atoms. The molecule has 110 valence electrons. The molecule has 0 aromatic rings. The molecule has 2 N–H and O–H groups in total. The Morgan fingerprint density at radius 3 is 1.67 bits per heavy atom. The van der Waals surface area contributed by atoms with Gasteiger partial charge in [0.1, 0.15) is 0 Å². The summed E-state index contributed by atoms with van der Waals surface area (Å²) in [6.45, 7) is 12.0. The van der Waals surface area contributed by atoms with Crippen LogP contribution in [-0.4, -0.2) is 55.1 Å². The van der Waals surface area contributed by atoms with Crippen molar-refractivity contribution >= 4 is 16.4 Å². The molecule has 0 bridgehead atoms. The van der Waals surface area contributed by atoms with Crippen LogP contribution in [0.15, 0.2) is 12.7 Å². The van der Waals surface area contributed by atoms with E-state index >= 15 is 0 Å². The van der Waals surface area contributed by atoms with Gasteiger partial charge in [-0.15, -0.1) is 0 Å². The van der Waals surface area contributed by atoms with E-state index in [2.05, 4.69) is 37.1 Å². The zero-order chi connectivity index (χ0) is 15.2. The van der Waals surface area contributed by atoms with E-state index in [9.17, 15) is 4.79 Å². The Balaban J connectivity index is -0.000000190. The van der Waals surface area contributed by atoms with Gasteiger partial charge in [0, 0.05) is 6.08 Å². The fourth-order valence-corrected chi connectivity index (χ4v) is 0.425. The van der Waals surface area contributed by atoms with Crippen molar-refractivity contribution in [3.8, 4) is 0 Å². The number of hydrogen-bond donors (Lipinski definition) is 2. The molecule has 0 aliphatic heterocycles. The van der Waals surface area contributed by atoms with E-state index in [1.54, 1.807) is 6.92 Å². The minimum Gasteiger partial charge on any atom is -0.463 e. The fraction of sp³-hybridized carbons (Fsp3) is 0.700. The summed E-state index contributed by atoms with van der Waals surface area (Å²) < 4.78 is 36.0. The zero-order valence-corrected chi connectivity index (χ0v) is 12.1. The largest absolute Gasteiger partial charge is 0.463 e. The van der Waals surface area contributed by atoms with Crippen LogP contribution < -0.4 is 0 Å². The number of carbonyl (C=O) groups excluding carboxylic acids is 1. The second-order valence-electron chi connectivity index (χ2n) is 2.89. The van der Waals surface area contributed by atoms with Crippen LogP contribution in [-0.2, 0) is 19.9 Å². The van der Waals surface area contributed by atoms with Gasteiger partial charge in [0.05, 0.1) is 6.61 Å². The van der Waals surface area contributed by atoms with E-state index in [0.717, 1.165) is 19.2 Å². The number of esters is 1. The molecular weight excluding hydrogens is 262 g/mol. The molecule has 7 nitrogen and oxygen atoms in total. The van der Waals surface area contributed by atoms with Gasteiger partial charge in [-0.3, -0.25) is 9.11 Å². The maximum atomic E-state index is 10.1. The van der Waals surface area contributed by atoms with Crippen LogP contribution in [0, 0.1) is 0 Å². The van der Waals surface area contributed by atoms with Gasteiger partial charge < -0.3 is 9.64 Å². The topological polar surface area (TPSA) is 104 Å². The maximum absolute atomic E-state index is 10.1. The van der Waals surface area contributed by atoms with Crippen LogP contribution in [0.1, 0.15) is 20.8 Å². The molecule has 0 saturated heterocycles. The van der Waals surface area contributed by atoms with Gasteiger partial charge in [-0.2, -0.15) is 8.42 Å². The van der Waals surface area contributed by atoms with E-state index < -0.39 is 10.4 Å². The lowest BCUT2D eigenvalue weighted by Gasteiger charge is -2.07. The molecule has 0 heterocycles. The molecule has 8 heteroatoms. The van der Waals surface area contributed by atoms with Gasteiger partial charge in [0.25, 0.3) is 0 Å². The van der Waals surface area contributed by atoms with Crippen molar-refractivity contribution in [1.29, 1.82) is 0 Å². The molecule has 0 amide bonds. The first-order valence-electron chi connectivity index (χ1n) is 5.29. The monoisotopic (exact) mass is 285 g/mol. The van der Waals surface area contributed by atoms with Crippen molar-refractivity contribution in [3.63, 3.8) is 0 Å².